The molecular weight excluding hydrogens is 1960 g/mol. The van der Waals surface area contributed by atoms with Gasteiger partial charge in [-0.3, -0.25) is 106 Å². The van der Waals surface area contributed by atoms with E-state index >= 15 is 4.39 Å². The van der Waals surface area contributed by atoms with Crippen LogP contribution in [0.1, 0.15) is 37.4 Å². The highest BCUT2D eigenvalue weighted by Gasteiger charge is 2.67. The fourth-order valence-corrected chi connectivity index (χ4v) is 22.7. The van der Waals surface area contributed by atoms with Gasteiger partial charge in [-0.15, -0.1) is 0 Å². The molecule has 8 bridgehead atoms. The van der Waals surface area contributed by atoms with Crippen molar-refractivity contribution in [1.29, 1.82) is 0 Å². The van der Waals surface area contributed by atoms with Crippen LogP contribution < -0.4 is 51.1 Å². The standard InChI is InChI=1S/C22H25N9O13P2.C22H26N8O13P2.C21H24FN9O12P2/c23-8-1-2-25-16-10(8)26-6-30(16)20-14-15-22(42-20,4-38-14)5-40-46(36,37)43-13-12(32)9(3-39-45(34,35)44-15)41-19(13)31-7-27-11-17(31)28-21(24)29-18(11)33;23-9-1-3-25-17-8(9)2-4-29(17)20-14(32)15-11(41-20)6-39-45(36,37)43-16-13(31)10(5-38-44(34,35)42-15)40-21(16)30-7-26-12-18(30)27-22(24)28-19(12)33;22-10-14-9(41-19(10)30-5-26-11-7(23)1-2-25-16(11)30)4-39-45(36,37)43-15-13(32)8(3-38-44(34,35)42-14)40-20(15)31-6-27-12-17(31)28-21(24)29-18(12)33/h1-2,6-7,9,12-15,19-20,32H,3-5H2,(H2,23,25)(H,34,35)(H,36,37)(H3,24,28,29,33);1-4,7,10-11,13-16,20-21,31-32H,5-6H2,(H2,23,25)(H,34,35)(H,36,37)(H3,24,27,28,33);1-2,5-6,8-10,13-15,19-20,32H,3-4H2,(H2,23,25)(H,34,35)(H,36,37)(H3,24,28,29,33)/t9-,12+,13?,14?,15-,19-,20-,22-;10-,11-,13+,14?,15+,16?,20-,21-;8-,9-,10?,13+,14+,15?,19-,20-/m111/s1. The summed E-state index contributed by atoms with van der Waals surface area (Å²) in [6.07, 6.45) is -24.3. The summed E-state index contributed by atoms with van der Waals surface area (Å²) in [6, 6.07) is 6.23. The number of anilines is 6. The molecule has 0 aromatic carbocycles. The fraction of sp³-hybridized carbons (Fsp3) is 0.477. The summed E-state index contributed by atoms with van der Waals surface area (Å²) in [5.74, 6) is -0.837. The maximum Gasteiger partial charge on any atom is 0.472 e. The van der Waals surface area contributed by atoms with Crippen LogP contribution in [-0.4, -0.2) is 303 Å². The Bertz CT molecular complexity index is 6940. The van der Waals surface area contributed by atoms with E-state index in [2.05, 4.69) is 69.8 Å². The highest BCUT2D eigenvalue weighted by atomic mass is 31.2. The summed E-state index contributed by atoms with van der Waals surface area (Å²) in [5, 5.41) is 44.8. The Hall–Kier alpha value is -10.1. The average Bonchev–Trinajstić information content (AvgIpc) is 1.55. The second-order valence-corrected chi connectivity index (χ2v) is 40.1. The molecule has 0 amide bonds. The van der Waals surface area contributed by atoms with Crippen LogP contribution >= 0.6 is 46.9 Å². The minimum absolute atomic E-state index is 0.107. The van der Waals surface area contributed by atoms with E-state index in [9.17, 15) is 91.6 Å². The molecule has 12 aromatic rings. The first-order valence-electron chi connectivity index (χ1n) is 39.9. The Labute approximate surface area is 751 Å². The molecule has 12 aromatic heterocycles. The summed E-state index contributed by atoms with van der Waals surface area (Å²) < 4.78 is 207. The summed E-state index contributed by atoms with van der Waals surface area (Å²) in [7, 11) is -30.5. The van der Waals surface area contributed by atoms with Crippen molar-refractivity contribution >= 4 is 149 Å². The molecule has 22 rings (SSSR count). The molecule has 10 saturated heterocycles. The number of alkyl halides is 1. The number of nitrogens with two attached hydrogens (primary N) is 6. The zero-order chi connectivity index (χ0) is 95.8. The van der Waals surface area contributed by atoms with Crippen molar-refractivity contribution in [2.24, 2.45) is 0 Å². The van der Waals surface area contributed by atoms with E-state index in [-0.39, 0.29) is 74.8 Å². The molecule has 22 heterocycles. The normalized spacial score (nSPS) is 38.4. The maximum atomic E-state index is 15.9. The molecule has 0 spiro atoms. The lowest BCUT2D eigenvalue weighted by Gasteiger charge is -2.32. The smallest absolute Gasteiger partial charge is 0.398 e. The Morgan fingerprint density at radius 3 is 1.15 bits per heavy atom. The molecule has 71 heteroatoms. The molecule has 64 nitrogen and oxygen atoms in total. The number of imidazole rings is 5. The van der Waals surface area contributed by atoms with Gasteiger partial charge in [0, 0.05) is 35.9 Å². The third-order valence-corrected chi connectivity index (χ3v) is 29.0. The SMILES string of the molecule is Nc1nc2c(ncn2[C@@H]2O[C@@H]3COP(=O)(O)O[C@@H]4C(F)[C@H](n5cnc6c(N)ccnc65)O[C@@H]4COP(=O)(O)OC2[C@H]3O)c(=O)[nH]1.Nc1nc2c(ncn2[C@@H]2O[C@@H]3COP(=O)(O)O[C@@H]4C(O)[C@H](n5ccc6c(N)ccnc65)O[C@@H]4COP(=O)(O)OC2[C@H]3O)c(=O)[nH]1.Nc1nc2c(ncn2[C@@H]2O[C@@H]3COP(=O)(O)O[C@@H]4C5OC[C@]4(COP(=O)(O)OC2[C@H]3O)O[C@H]5n2cnc3c(N)ccnc32)c(=O)[nH]1. The topological polar surface area (TPSA) is 906 Å². The van der Waals surface area contributed by atoms with Gasteiger partial charge < -0.3 is 122 Å². The first kappa shape index (κ1) is 93.6. The van der Waals surface area contributed by atoms with Gasteiger partial charge in [0.2, 0.25) is 17.8 Å². The molecular formula is C65H75FN26O38P6. The molecule has 10 aliphatic heterocycles. The van der Waals surface area contributed by atoms with E-state index in [0.717, 1.165) is 32.7 Å². The van der Waals surface area contributed by atoms with Gasteiger partial charge in [-0.2, -0.15) is 15.0 Å². The number of hydrogen-bond acceptors (Lipinski definition) is 49. The van der Waals surface area contributed by atoms with Crippen LogP contribution in [0.3, 0.4) is 0 Å². The molecule has 10 aliphatic rings. The fourth-order valence-electron chi connectivity index (χ4n) is 16.9. The number of pyridine rings is 3. The van der Waals surface area contributed by atoms with Gasteiger partial charge in [0.25, 0.3) is 16.7 Å². The lowest BCUT2D eigenvalue weighted by molar-refractivity contribution is -0.184. The largest absolute Gasteiger partial charge is 0.472 e. The first-order valence-corrected chi connectivity index (χ1v) is 48.8. The van der Waals surface area contributed by atoms with Crippen LogP contribution in [0.2, 0.25) is 0 Å². The van der Waals surface area contributed by atoms with Gasteiger partial charge in [-0.25, -0.2) is 71.7 Å². The van der Waals surface area contributed by atoms with E-state index in [1.807, 2.05) is 0 Å². The van der Waals surface area contributed by atoms with Crippen molar-refractivity contribution in [2.75, 3.05) is 80.7 Å². The monoisotopic (exact) mass is 2030 g/mol. The number of halogens is 1. The van der Waals surface area contributed by atoms with Crippen molar-refractivity contribution in [1.82, 2.24) is 97.2 Å². The van der Waals surface area contributed by atoms with Crippen LogP contribution in [0.15, 0.2) is 95.1 Å². The van der Waals surface area contributed by atoms with E-state index in [4.69, 9.17) is 122 Å². The number of nitrogens with one attached hydrogen (secondary N) is 3. The summed E-state index contributed by atoms with van der Waals surface area (Å²) in [4.78, 5) is 153. The minimum Gasteiger partial charge on any atom is -0.398 e. The number of ether oxygens (including phenoxy) is 7. The number of fused-ring (bicyclic) bond motifs is 14. The molecule has 30 atom stereocenters. The number of rotatable bonds is 6. The second kappa shape index (κ2) is 34.8. The van der Waals surface area contributed by atoms with Gasteiger partial charge in [-0.05, 0) is 24.3 Å². The highest BCUT2D eigenvalue weighted by Crippen LogP contribution is 2.61. The zero-order valence-electron chi connectivity index (χ0n) is 68.3. The highest BCUT2D eigenvalue weighted by molar-refractivity contribution is 7.48. The number of H-pyrrole nitrogens is 3. The molecule has 10 fully saturated rings. The van der Waals surface area contributed by atoms with Crippen LogP contribution in [0.25, 0.3) is 66.9 Å². The molecule has 0 aliphatic carbocycles. The van der Waals surface area contributed by atoms with Gasteiger partial charge >= 0.3 is 46.9 Å². The van der Waals surface area contributed by atoms with Crippen molar-refractivity contribution in [3.05, 3.63) is 112 Å². The van der Waals surface area contributed by atoms with Gasteiger partial charge in [0.1, 0.15) is 120 Å². The van der Waals surface area contributed by atoms with Crippen molar-refractivity contribution in [2.45, 2.75) is 147 Å². The van der Waals surface area contributed by atoms with Crippen molar-refractivity contribution in [3.63, 3.8) is 0 Å². The molecule has 136 heavy (non-hydrogen) atoms. The van der Waals surface area contributed by atoms with Crippen LogP contribution in [0.4, 0.5) is 39.3 Å². The molecule has 730 valence electrons. The predicted molar refractivity (Wildman–Crippen MR) is 441 cm³/mol. The van der Waals surface area contributed by atoms with Crippen molar-refractivity contribution in [3.8, 4) is 0 Å². The Morgan fingerprint density at radius 1 is 0.360 bits per heavy atom. The van der Waals surface area contributed by atoms with E-state index in [1.165, 1.54) is 57.2 Å². The van der Waals surface area contributed by atoms with E-state index < -0.39 is 250 Å². The maximum absolute atomic E-state index is 15.9. The summed E-state index contributed by atoms with van der Waals surface area (Å²) >= 11 is 0. The predicted octanol–water partition coefficient (Wildman–Crippen LogP) is -3.22. The van der Waals surface area contributed by atoms with Crippen LogP contribution in [0.5, 0.6) is 0 Å². The van der Waals surface area contributed by atoms with Crippen molar-refractivity contribution < 1.29 is 169 Å². The van der Waals surface area contributed by atoms with E-state index in [0.29, 0.717) is 33.6 Å². The first-order chi connectivity index (χ1) is 64.5. The Kier molecular flexibility index (Phi) is 23.9. The second-order valence-electron chi connectivity index (χ2n) is 31.7. The third kappa shape index (κ3) is 17.2. The average molecular weight is 2030 g/mol. The van der Waals surface area contributed by atoms with E-state index in [1.54, 1.807) is 18.2 Å². The quantitative estimate of drug-likeness (QED) is 0.0728. The van der Waals surface area contributed by atoms with Gasteiger partial charge in [-0.1, -0.05) is 0 Å². The van der Waals surface area contributed by atoms with Crippen LogP contribution in [-0.2, 0) is 115 Å². The van der Waals surface area contributed by atoms with Gasteiger partial charge in [0.05, 0.1) is 89.3 Å². The third-order valence-electron chi connectivity index (χ3n) is 23.1. The number of aliphatic hydroxyl groups is 4. The summed E-state index contributed by atoms with van der Waals surface area (Å²) in [6.45, 7) is -5.15. The number of nitrogen functional groups attached to an aromatic ring is 6. The number of aromatic nitrogens is 20. The molecule has 12 unspecified atom stereocenters. The lowest BCUT2D eigenvalue weighted by Crippen LogP contribution is -2.45. The number of hydrogen-bond donors (Lipinski definition) is 19. The molecule has 0 radical (unpaired) electrons. The number of phosphoric acid groups is 6. The zero-order valence-corrected chi connectivity index (χ0v) is 73.6. The lowest BCUT2D eigenvalue weighted by atomic mass is 10.0. The molecule has 25 N–H and O–H groups in total. The Morgan fingerprint density at radius 2 is 0.706 bits per heavy atom. The number of aromatic amines is 3. The Balaban J connectivity index is 0.000000126. The minimum atomic E-state index is -5.15. The summed E-state index contributed by atoms with van der Waals surface area (Å²) in [5.41, 5.74) is 32.5. The number of phosphoric ester groups is 6. The van der Waals surface area contributed by atoms with Gasteiger partial charge in [0.15, 0.2) is 88.3 Å². The molecule has 0 saturated carbocycles. The van der Waals surface area contributed by atoms with Crippen LogP contribution in [0, 0.1) is 0 Å². The number of aliphatic hydroxyl groups excluding tert-OH is 4. The number of nitrogens with zero attached hydrogens (tertiary/aromatic N) is 17.